The largest absolute Gasteiger partial charge is 0.489 e. The van der Waals surface area contributed by atoms with E-state index < -0.39 is 35.5 Å². The van der Waals surface area contributed by atoms with Gasteiger partial charge in [-0.1, -0.05) is 0 Å². The minimum Gasteiger partial charge on any atom is -0.489 e. The number of sulfone groups is 1. The number of nitrogens with zero attached hydrogens (tertiary/aromatic N) is 1. The first-order valence-electron chi connectivity index (χ1n) is 12.8. The Morgan fingerprint density at radius 3 is 2.43 bits per heavy atom. The average molecular weight is 640 g/mol. The van der Waals surface area contributed by atoms with E-state index in [1.165, 1.54) is 36.4 Å². The number of hydrogen-bond donors (Lipinski definition) is 2. The van der Waals surface area contributed by atoms with E-state index in [2.05, 4.69) is 15.6 Å². The first-order chi connectivity index (χ1) is 20.0. The fourth-order valence-electron chi connectivity index (χ4n) is 3.78. The van der Waals surface area contributed by atoms with Gasteiger partial charge in [0.1, 0.15) is 23.9 Å². The molecule has 42 heavy (non-hydrogen) atoms. The van der Waals surface area contributed by atoms with Crippen LogP contribution in [-0.2, 0) is 34.3 Å². The van der Waals surface area contributed by atoms with Gasteiger partial charge in [-0.25, -0.2) is 18.2 Å². The van der Waals surface area contributed by atoms with E-state index in [4.69, 9.17) is 23.3 Å². The van der Waals surface area contributed by atoms with Crippen LogP contribution in [0.1, 0.15) is 29.9 Å². The zero-order valence-electron chi connectivity index (χ0n) is 23.0. The molecule has 16 heteroatoms. The number of rotatable bonds is 14. The summed E-state index contributed by atoms with van der Waals surface area (Å²) in [5.41, 5.74) is 0.613. The number of aromatic nitrogens is 1. The highest BCUT2D eigenvalue weighted by atomic mass is 32.2. The van der Waals surface area contributed by atoms with Crippen LogP contribution in [0.25, 0.3) is 0 Å². The second kappa shape index (κ2) is 13.7. The minimum atomic E-state index is -3.38. The van der Waals surface area contributed by atoms with Crippen LogP contribution in [0.5, 0.6) is 17.2 Å². The molecule has 0 saturated carbocycles. The number of thiazole rings is 1. The van der Waals surface area contributed by atoms with Crippen LogP contribution in [0.4, 0.5) is 9.93 Å². The highest BCUT2D eigenvalue weighted by molar-refractivity contribution is 7.90. The van der Waals surface area contributed by atoms with Crippen LogP contribution < -0.4 is 20.1 Å². The van der Waals surface area contributed by atoms with Gasteiger partial charge in [-0.3, -0.25) is 14.7 Å². The fraction of sp³-hybridized carbons (Fsp3) is 0.346. The summed E-state index contributed by atoms with van der Waals surface area (Å²) < 4.78 is 63.8. The highest BCUT2D eigenvalue weighted by Crippen LogP contribution is 2.51. The maximum atomic E-state index is 13.2. The summed E-state index contributed by atoms with van der Waals surface area (Å²) in [6.07, 6.45) is 0.00959. The summed E-state index contributed by atoms with van der Waals surface area (Å²) in [4.78, 5) is 29.0. The van der Waals surface area contributed by atoms with Crippen LogP contribution in [0.15, 0.2) is 52.7 Å². The summed E-state index contributed by atoms with van der Waals surface area (Å²) in [6.45, 7) is 4.18. The van der Waals surface area contributed by atoms with E-state index in [0.29, 0.717) is 11.4 Å². The standard InChI is InChI=1S/C26H30N3O10PS2/c1-4-36-40(32,37-5-2)15-18-16-41-25(28-18)29-24(30)17-10-20(35-14-22-13-27-26(31)39-22)12-21(11-17)38-19-6-8-23(9-7-19)42(3,33)34/h6-12,16,22H,4-5,13-15H2,1-3H3,(H,27,31)(H,28,29,30)/t22-/m1/s1. The highest BCUT2D eigenvalue weighted by Gasteiger charge is 2.26. The fourth-order valence-corrected chi connectivity index (χ4v) is 6.84. The number of benzene rings is 2. The molecule has 2 aromatic carbocycles. The number of alkyl carbamates (subject to hydrolysis) is 1. The van der Waals surface area contributed by atoms with E-state index in [0.717, 1.165) is 17.6 Å². The van der Waals surface area contributed by atoms with Crippen molar-refractivity contribution in [2.24, 2.45) is 0 Å². The molecule has 4 rings (SSSR count). The van der Waals surface area contributed by atoms with Crippen molar-refractivity contribution in [3.63, 3.8) is 0 Å². The van der Waals surface area contributed by atoms with Crippen LogP contribution in [0, 0.1) is 0 Å². The topological polar surface area (TPSA) is 168 Å². The van der Waals surface area contributed by atoms with E-state index in [1.807, 2.05) is 0 Å². The van der Waals surface area contributed by atoms with Crippen molar-refractivity contribution in [3.8, 4) is 17.2 Å². The zero-order valence-corrected chi connectivity index (χ0v) is 25.6. The summed E-state index contributed by atoms with van der Waals surface area (Å²) in [5, 5.41) is 7.18. The molecule has 226 valence electrons. The molecule has 3 aromatic rings. The Labute approximate surface area is 246 Å². The predicted octanol–water partition coefficient (Wildman–Crippen LogP) is 4.84. The molecule has 2 amide bonds. The number of ether oxygens (including phenoxy) is 3. The van der Waals surface area contributed by atoms with Crippen molar-refractivity contribution < 1.29 is 45.8 Å². The number of carbonyl (C=O) groups is 2. The molecular weight excluding hydrogens is 609 g/mol. The number of anilines is 1. The van der Waals surface area contributed by atoms with Gasteiger partial charge in [0.25, 0.3) is 5.91 Å². The van der Waals surface area contributed by atoms with Gasteiger partial charge in [0, 0.05) is 23.3 Å². The molecule has 0 bridgehead atoms. The SMILES string of the molecule is CCOP(=O)(Cc1csc(NC(=O)c2cc(OC[C@H]3CNC(=O)O3)cc(Oc3ccc(S(C)(=O)=O)cc3)c2)n1)OCC. The van der Waals surface area contributed by atoms with Crippen molar-refractivity contribution in [1.82, 2.24) is 10.3 Å². The molecule has 1 aromatic heterocycles. The first-order valence-corrected chi connectivity index (χ1v) is 17.3. The number of hydrogen-bond acceptors (Lipinski definition) is 12. The molecule has 13 nitrogen and oxygen atoms in total. The van der Waals surface area contributed by atoms with Gasteiger partial charge in [-0.2, -0.15) is 0 Å². The van der Waals surface area contributed by atoms with Gasteiger partial charge in [-0.05, 0) is 50.2 Å². The van der Waals surface area contributed by atoms with Crippen molar-refractivity contribution in [1.29, 1.82) is 0 Å². The minimum absolute atomic E-state index is 0.0296. The van der Waals surface area contributed by atoms with E-state index in [-0.39, 0.29) is 59.6 Å². The second-order valence-electron chi connectivity index (χ2n) is 8.96. The molecular formula is C26H30N3O10PS2. The van der Waals surface area contributed by atoms with Gasteiger partial charge in [0.15, 0.2) is 21.1 Å². The Bertz CT molecular complexity index is 1570. The molecule has 1 saturated heterocycles. The lowest BCUT2D eigenvalue weighted by Crippen LogP contribution is -2.22. The average Bonchev–Trinajstić information content (AvgIpc) is 3.55. The Morgan fingerprint density at radius 2 is 1.81 bits per heavy atom. The van der Waals surface area contributed by atoms with E-state index in [1.54, 1.807) is 25.3 Å². The number of cyclic esters (lactones) is 1. The van der Waals surface area contributed by atoms with Crippen molar-refractivity contribution in [3.05, 3.63) is 59.1 Å². The second-order valence-corrected chi connectivity index (χ2v) is 13.9. The van der Waals surface area contributed by atoms with E-state index >= 15 is 0 Å². The number of nitrogens with one attached hydrogen (secondary N) is 2. The Balaban J connectivity index is 1.52. The van der Waals surface area contributed by atoms with Crippen molar-refractivity contribution >= 4 is 45.9 Å². The summed E-state index contributed by atoms with van der Waals surface area (Å²) in [7, 11) is -6.76. The molecule has 1 aliphatic rings. The lowest BCUT2D eigenvalue weighted by atomic mass is 10.2. The van der Waals surface area contributed by atoms with Crippen LogP contribution in [-0.4, -0.2) is 64.1 Å². The van der Waals surface area contributed by atoms with Crippen molar-refractivity contribution in [2.75, 3.05) is 37.9 Å². The molecule has 0 spiro atoms. The normalized spacial score (nSPS) is 15.1. The van der Waals surface area contributed by atoms with Crippen LogP contribution >= 0.6 is 18.9 Å². The third kappa shape index (κ3) is 8.76. The van der Waals surface area contributed by atoms with Gasteiger partial charge in [-0.15, -0.1) is 11.3 Å². The summed E-state index contributed by atoms with van der Waals surface area (Å²) in [5.74, 6) is 0.311. The Hall–Kier alpha value is -3.49. The van der Waals surface area contributed by atoms with Gasteiger partial charge < -0.3 is 28.6 Å². The maximum absolute atomic E-state index is 13.2. The molecule has 0 aliphatic carbocycles. The molecule has 0 unspecified atom stereocenters. The molecule has 1 aliphatic heterocycles. The Kier molecular flexibility index (Phi) is 10.2. The van der Waals surface area contributed by atoms with Gasteiger partial charge in [0.2, 0.25) is 0 Å². The van der Waals surface area contributed by atoms with Crippen molar-refractivity contribution in [2.45, 2.75) is 31.0 Å². The molecule has 1 fully saturated rings. The maximum Gasteiger partial charge on any atom is 0.407 e. The molecule has 1 atom stereocenters. The predicted molar refractivity (Wildman–Crippen MR) is 154 cm³/mol. The smallest absolute Gasteiger partial charge is 0.407 e. The summed E-state index contributed by atoms with van der Waals surface area (Å²) >= 11 is 1.15. The van der Waals surface area contributed by atoms with Gasteiger partial charge >= 0.3 is 13.7 Å². The van der Waals surface area contributed by atoms with Crippen LogP contribution in [0.2, 0.25) is 0 Å². The summed E-state index contributed by atoms with van der Waals surface area (Å²) in [6, 6.07) is 10.3. The quantitative estimate of drug-likeness (QED) is 0.231. The van der Waals surface area contributed by atoms with E-state index in [9.17, 15) is 22.6 Å². The molecule has 2 heterocycles. The number of carbonyl (C=O) groups excluding carboxylic acids is 2. The molecule has 2 N–H and O–H groups in total. The Morgan fingerprint density at radius 1 is 1.12 bits per heavy atom. The van der Waals surface area contributed by atoms with Crippen LogP contribution in [0.3, 0.4) is 0 Å². The zero-order chi connectivity index (χ0) is 30.3. The lowest BCUT2D eigenvalue weighted by Gasteiger charge is -2.15. The van der Waals surface area contributed by atoms with Gasteiger partial charge in [0.05, 0.1) is 36.5 Å². The molecule has 0 radical (unpaired) electrons. The monoisotopic (exact) mass is 639 g/mol. The first kappa shape index (κ1) is 31.4. The third-order valence-corrected chi connectivity index (χ3v) is 9.54. The lowest BCUT2D eigenvalue weighted by molar-refractivity contribution is 0.102. The third-order valence-electron chi connectivity index (χ3n) is 5.59. The number of amides is 2.